The van der Waals surface area contributed by atoms with Crippen LogP contribution in [0.4, 0.5) is 0 Å². The van der Waals surface area contributed by atoms with Crippen LogP contribution >= 0.6 is 0 Å². The first-order chi connectivity index (χ1) is 39.5. The van der Waals surface area contributed by atoms with Crippen LogP contribution in [0.15, 0.2) is 12.2 Å². The van der Waals surface area contributed by atoms with E-state index in [4.69, 9.17) is 4.74 Å². The third-order valence-electron chi connectivity index (χ3n) is 17.6. The molecular weight excluding hydrogens is 983 g/mol. The first-order valence-electron chi connectivity index (χ1n) is 37.0. The van der Waals surface area contributed by atoms with Gasteiger partial charge in [0, 0.05) is 12.8 Å². The van der Waals surface area contributed by atoms with Crippen molar-refractivity contribution in [3.63, 3.8) is 0 Å². The molecule has 0 aromatic carbocycles. The molecule has 6 nitrogen and oxygen atoms in total. The van der Waals surface area contributed by atoms with Crippen molar-refractivity contribution in [2.24, 2.45) is 0 Å². The van der Waals surface area contributed by atoms with Crippen LogP contribution in [-0.2, 0) is 14.3 Å². The van der Waals surface area contributed by atoms with E-state index in [1.165, 1.54) is 360 Å². The molecule has 0 aliphatic carbocycles. The third-order valence-corrected chi connectivity index (χ3v) is 17.6. The van der Waals surface area contributed by atoms with Gasteiger partial charge in [0.05, 0.1) is 25.4 Å². The van der Waals surface area contributed by atoms with Crippen molar-refractivity contribution in [1.29, 1.82) is 0 Å². The Bertz CT molecular complexity index is 1210. The summed E-state index contributed by atoms with van der Waals surface area (Å²) in [6, 6.07) is -0.628. The molecule has 0 heterocycles. The molecule has 1 amide bonds. The number of carbonyl (C=O) groups is 2. The number of ether oxygens (including phenoxy) is 1. The van der Waals surface area contributed by atoms with Gasteiger partial charge in [0.2, 0.25) is 5.91 Å². The lowest BCUT2D eigenvalue weighted by Crippen LogP contribution is -2.45. The fourth-order valence-electron chi connectivity index (χ4n) is 11.9. The van der Waals surface area contributed by atoms with Gasteiger partial charge >= 0.3 is 5.97 Å². The third kappa shape index (κ3) is 65.7. The lowest BCUT2D eigenvalue weighted by Gasteiger charge is -2.20. The Hall–Kier alpha value is -1.40. The van der Waals surface area contributed by atoms with Crippen molar-refractivity contribution in [2.75, 3.05) is 13.2 Å². The Labute approximate surface area is 501 Å². The number of rotatable bonds is 70. The monoisotopic (exact) mass is 1130 g/mol. The van der Waals surface area contributed by atoms with Crippen LogP contribution in [-0.4, -0.2) is 47.4 Å². The molecule has 80 heavy (non-hydrogen) atoms. The summed E-state index contributed by atoms with van der Waals surface area (Å²) in [6.45, 7) is 4.96. The molecule has 0 fully saturated rings. The number of hydrogen-bond acceptors (Lipinski definition) is 5. The highest BCUT2D eigenvalue weighted by Crippen LogP contribution is 2.20. The summed E-state index contributed by atoms with van der Waals surface area (Å²) in [5.41, 5.74) is 0. The van der Waals surface area contributed by atoms with E-state index in [0.29, 0.717) is 19.4 Å². The first kappa shape index (κ1) is 78.6. The smallest absolute Gasteiger partial charge is 0.305 e. The van der Waals surface area contributed by atoms with Crippen LogP contribution < -0.4 is 5.32 Å². The zero-order chi connectivity index (χ0) is 57.8. The van der Waals surface area contributed by atoms with Crippen LogP contribution in [0.2, 0.25) is 0 Å². The molecule has 2 atom stereocenters. The van der Waals surface area contributed by atoms with Crippen molar-refractivity contribution < 1.29 is 24.5 Å². The highest BCUT2D eigenvalue weighted by Gasteiger charge is 2.18. The second-order valence-electron chi connectivity index (χ2n) is 25.6. The fourth-order valence-corrected chi connectivity index (χ4v) is 11.9. The van der Waals surface area contributed by atoms with E-state index < -0.39 is 12.1 Å². The Balaban J connectivity index is 3.39. The van der Waals surface area contributed by atoms with Crippen LogP contribution in [0.1, 0.15) is 425 Å². The lowest BCUT2D eigenvalue weighted by atomic mass is 10.0. The van der Waals surface area contributed by atoms with Gasteiger partial charge in [0.15, 0.2) is 0 Å². The van der Waals surface area contributed by atoms with E-state index >= 15 is 0 Å². The molecule has 0 spiro atoms. The number of aliphatic hydroxyl groups excluding tert-OH is 2. The fraction of sp³-hybridized carbons (Fsp3) is 0.946. The zero-order valence-electron chi connectivity index (χ0n) is 54.6. The number of aliphatic hydroxyl groups is 2. The predicted octanol–water partition coefficient (Wildman–Crippen LogP) is 23.9. The van der Waals surface area contributed by atoms with Gasteiger partial charge in [-0.3, -0.25) is 9.59 Å². The van der Waals surface area contributed by atoms with E-state index in [-0.39, 0.29) is 18.5 Å². The number of carbonyl (C=O) groups excluding carboxylic acids is 2. The Kier molecular flexibility index (Phi) is 68.9. The molecule has 476 valence electrons. The highest BCUT2D eigenvalue weighted by atomic mass is 16.5. The van der Waals surface area contributed by atoms with Crippen LogP contribution in [0, 0.1) is 0 Å². The summed E-state index contributed by atoms with van der Waals surface area (Å²) < 4.78 is 5.50. The van der Waals surface area contributed by atoms with E-state index in [2.05, 4.69) is 19.2 Å². The molecule has 0 bridgehead atoms. The molecule has 0 radical (unpaired) electrons. The minimum Gasteiger partial charge on any atom is -0.466 e. The molecule has 2 unspecified atom stereocenters. The van der Waals surface area contributed by atoms with E-state index in [9.17, 15) is 19.8 Å². The zero-order valence-corrected chi connectivity index (χ0v) is 54.6. The normalized spacial score (nSPS) is 12.5. The van der Waals surface area contributed by atoms with Crippen molar-refractivity contribution in [3.8, 4) is 0 Å². The largest absolute Gasteiger partial charge is 0.466 e. The van der Waals surface area contributed by atoms with E-state index in [1.807, 2.05) is 6.08 Å². The van der Waals surface area contributed by atoms with Gasteiger partial charge < -0.3 is 20.3 Å². The summed E-state index contributed by atoms with van der Waals surface area (Å²) in [5, 5.41) is 23.3. The minimum absolute atomic E-state index is 0.0181. The van der Waals surface area contributed by atoms with Crippen molar-refractivity contribution in [2.45, 2.75) is 437 Å². The highest BCUT2D eigenvalue weighted by molar-refractivity contribution is 5.76. The summed E-state index contributed by atoms with van der Waals surface area (Å²) in [4.78, 5) is 24.6. The number of unbranched alkanes of at least 4 members (excludes halogenated alkanes) is 59. The molecule has 0 rings (SSSR count). The second-order valence-corrected chi connectivity index (χ2v) is 25.6. The SMILES string of the molecule is CCCCCCCCCCCCCCCCCCCCCCCCC/C=C/C(O)C(CO)NC(=O)CCCCCCCCCCCCCCCCCCCCCCCCCOC(=O)CCCCCCCCCCCCCCCCC. The van der Waals surface area contributed by atoms with Gasteiger partial charge in [-0.1, -0.05) is 392 Å². The molecule has 0 saturated heterocycles. The van der Waals surface area contributed by atoms with Gasteiger partial charge in [0.25, 0.3) is 0 Å². The van der Waals surface area contributed by atoms with E-state index in [0.717, 1.165) is 38.5 Å². The predicted molar refractivity (Wildman–Crippen MR) is 352 cm³/mol. The maximum absolute atomic E-state index is 12.5. The summed E-state index contributed by atoms with van der Waals surface area (Å²) in [7, 11) is 0. The molecule has 6 heteroatoms. The Morgan fingerprint density at radius 2 is 0.575 bits per heavy atom. The Morgan fingerprint density at radius 1 is 0.338 bits per heavy atom. The summed E-state index contributed by atoms with van der Waals surface area (Å²) in [6.07, 6.45) is 87.3. The summed E-state index contributed by atoms with van der Waals surface area (Å²) >= 11 is 0. The molecule has 0 saturated carbocycles. The van der Waals surface area contributed by atoms with Crippen molar-refractivity contribution in [1.82, 2.24) is 5.32 Å². The minimum atomic E-state index is -0.845. The van der Waals surface area contributed by atoms with Crippen molar-refractivity contribution >= 4 is 11.9 Å². The quantitative estimate of drug-likeness (QED) is 0.0320. The van der Waals surface area contributed by atoms with Gasteiger partial charge in [-0.05, 0) is 32.1 Å². The topological polar surface area (TPSA) is 95.9 Å². The summed E-state index contributed by atoms with van der Waals surface area (Å²) in [5.74, 6) is -0.0438. The number of amides is 1. The van der Waals surface area contributed by atoms with Crippen molar-refractivity contribution in [3.05, 3.63) is 12.2 Å². The van der Waals surface area contributed by atoms with Crippen LogP contribution in [0.3, 0.4) is 0 Å². The average Bonchev–Trinajstić information content (AvgIpc) is 3.46. The molecule has 0 aliphatic heterocycles. The first-order valence-corrected chi connectivity index (χ1v) is 37.0. The van der Waals surface area contributed by atoms with Crippen LogP contribution in [0.5, 0.6) is 0 Å². The molecule has 0 aromatic heterocycles. The lowest BCUT2D eigenvalue weighted by molar-refractivity contribution is -0.143. The van der Waals surface area contributed by atoms with Gasteiger partial charge in [-0.2, -0.15) is 0 Å². The number of hydrogen-bond donors (Lipinski definition) is 3. The van der Waals surface area contributed by atoms with E-state index in [1.54, 1.807) is 6.08 Å². The maximum atomic E-state index is 12.5. The van der Waals surface area contributed by atoms with Gasteiger partial charge in [-0.15, -0.1) is 0 Å². The van der Waals surface area contributed by atoms with Gasteiger partial charge in [-0.25, -0.2) is 0 Å². The number of nitrogens with one attached hydrogen (secondary N) is 1. The number of allylic oxidation sites excluding steroid dienone is 1. The molecule has 0 aliphatic rings. The maximum Gasteiger partial charge on any atom is 0.305 e. The average molecular weight is 1130 g/mol. The van der Waals surface area contributed by atoms with Gasteiger partial charge in [0.1, 0.15) is 0 Å². The molecular formula is C74H145NO5. The number of esters is 1. The standard InChI is InChI=1S/C74H145NO5/c1-3-5-7-9-11-13-15-17-19-20-21-22-23-24-26-29-32-35-39-42-46-50-54-58-62-66-72(77)71(70-76)75-73(78)67-63-59-55-51-47-43-40-36-33-30-27-25-28-31-34-37-41-45-49-53-57-61-65-69-80-74(79)68-64-60-56-52-48-44-38-18-16-14-12-10-8-6-4-2/h62,66,71-72,76-77H,3-61,63-65,67-70H2,1-2H3,(H,75,78)/b66-62+. The van der Waals surface area contributed by atoms with Crippen LogP contribution in [0.25, 0.3) is 0 Å². The molecule has 3 N–H and O–H groups in total. The Morgan fingerprint density at radius 3 is 0.850 bits per heavy atom. The second kappa shape index (κ2) is 70.1. The molecule has 0 aromatic rings.